The van der Waals surface area contributed by atoms with Crippen molar-refractivity contribution >= 4 is 29.3 Å². The highest BCUT2D eigenvalue weighted by Crippen LogP contribution is 2.43. The Kier molecular flexibility index (Phi) is 6.59. The van der Waals surface area contributed by atoms with E-state index in [4.69, 9.17) is 4.74 Å². The summed E-state index contributed by atoms with van der Waals surface area (Å²) in [6, 6.07) is 26.8. The van der Waals surface area contributed by atoms with Crippen LogP contribution in [0.15, 0.2) is 91.0 Å². The molecule has 0 fully saturated rings. The van der Waals surface area contributed by atoms with E-state index in [2.05, 4.69) is 5.32 Å². The van der Waals surface area contributed by atoms with E-state index in [-0.39, 0.29) is 24.5 Å². The van der Waals surface area contributed by atoms with Crippen LogP contribution >= 0.6 is 0 Å². The van der Waals surface area contributed by atoms with Crippen molar-refractivity contribution in [3.05, 3.63) is 102 Å². The summed E-state index contributed by atoms with van der Waals surface area (Å²) in [5.41, 5.74) is 2.33. The number of nitrogens with zero attached hydrogens (tertiary/aromatic N) is 1. The maximum atomic E-state index is 13.7. The van der Waals surface area contributed by atoms with Crippen LogP contribution in [0.2, 0.25) is 0 Å². The molecule has 33 heavy (non-hydrogen) atoms. The quantitative estimate of drug-likeness (QED) is 0.414. The normalized spacial score (nSPS) is 19.9. The van der Waals surface area contributed by atoms with E-state index >= 15 is 0 Å². The number of hydrogen-bond donors (Lipinski definition) is 1. The highest BCUT2D eigenvalue weighted by Gasteiger charge is 2.44. The first-order valence-electron chi connectivity index (χ1n) is 11.2. The van der Waals surface area contributed by atoms with Gasteiger partial charge in [0.25, 0.3) is 5.91 Å². The molecule has 0 aromatic heterocycles. The van der Waals surface area contributed by atoms with Crippen LogP contribution in [-0.2, 0) is 14.3 Å². The smallest absolute Gasteiger partial charge is 0.331 e. The van der Waals surface area contributed by atoms with Crippen LogP contribution in [0.1, 0.15) is 37.4 Å². The van der Waals surface area contributed by atoms with Gasteiger partial charge in [0.1, 0.15) is 5.54 Å². The van der Waals surface area contributed by atoms with Gasteiger partial charge in [-0.25, -0.2) is 4.79 Å². The average molecular weight is 441 g/mol. The van der Waals surface area contributed by atoms with E-state index in [9.17, 15) is 9.59 Å². The van der Waals surface area contributed by atoms with Gasteiger partial charge in [0.05, 0.1) is 24.0 Å². The molecule has 0 radical (unpaired) electrons. The van der Waals surface area contributed by atoms with Crippen molar-refractivity contribution in [1.82, 2.24) is 0 Å². The van der Waals surface area contributed by atoms with Crippen LogP contribution < -0.4 is 10.2 Å². The number of amides is 1. The van der Waals surface area contributed by atoms with Crippen molar-refractivity contribution in [3.8, 4) is 0 Å². The third-order valence-electron chi connectivity index (χ3n) is 5.85. The Hall–Kier alpha value is -3.86. The van der Waals surface area contributed by atoms with Crippen LogP contribution in [0.4, 0.5) is 11.4 Å². The molecule has 0 aliphatic carbocycles. The molecular weight excluding hydrogens is 412 g/mol. The Labute approximate surface area is 194 Å². The summed E-state index contributed by atoms with van der Waals surface area (Å²) < 4.78 is 5.42. The van der Waals surface area contributed by atoms with Gasteiger partial charge in [0, 0.05) is 12.5 Å². The molecule has 1 heterocycles. The molecule has 3 aromatic rings. The lowest BCUT2D eigenvalue weighted by atomic mass is 9.89. The first-order valence-corrected chi connectivity index (χ1v) is 11.2. The molecule has 0 spiro atoms. The molecule has 0 saturated heterocycles. The fourth-order valence-corrected chi connectivity index (χ4v) is 4.23. The summed E-state index contributed by atoms with van der Waals surface area (Å²) in [6.45, 7) is 3.92. The average Bonchev–Trinajstić information content (AvgIpc) is 2.98. The number of fused-ring (bicyclic) bond motifs is 1. The fraction of sp³-hybridized carbons (Fsp3) is 0.214. The van der Waals surface area contributed by atoms with Crippen molar-refractivity contribution < 1.29 is 14.3 Å². The van der Waals surface area contributed by atoms with Crippen LogP contribution in [0.25, 0.3) is 6.08 Å². The van der Waals surface area contributed by atoms with E-state index in [1.807, 2.05) is 97.9 Å². The number of carbonyl (C=O) groups excluding carboxylic acids is 2. The summed E-state index contributed by atoms with van der Waals surface area (Å²) in [6.07, 6.45) is 3.76. The Morgan fingerprint density at radius 1 is 1.00 bits per heavy atom. The fourth-order valence-electron chi connectivity index (χ4n) is 4.23. The van der Waals surface area contributed by atoms with E-state index in [0.717, 1.165) is 16.8 Å². The predicted octanol–water partition coefficient (Wildman–Crippen LogP) is 5.61. The minimum atomic E-state index is -1.01. The lowest BCUT2D eigenvalue weighted by Gasteiger charge is -2.33. The molecule has 3 aromatic carbocycles. The minimum Gasteiger partial charge on any atom is -0.464 e. The maximum absolute atomic E-state index is 13.7. The second kappa shape index (κ2) is 9.74. The first kappa shape index (κ1) is 22.3. The molecule has 5 heteroatoms. The maximum Gasteiger partial charge on any atom is 0.331 e. The molecule has 2 unspecified atom stereocenters. The van der Waals surface area contributed by atoms with Crippen molar-refractivity contribution in [1.29, 1.82) is 0 Å². The lowest BCUT2D eigenvalue weighted by Crippen LogP contribution is -2.46. The van der Waals surface area contributed by atoms with Gasteiger partial charge in [0.2, 0.25) is 0 Å². The first-order chi connectivity index (χ1) is 16.0. The van der Waals surface area contributed by atoms with E-state index in [1.165, 1.54) is 0 Å². The number of ether oxygens (including phenoxy) is 1. The standard InChI is InChI=1S/C28H28N2O3/c1-3-33-27(32)28(2)20-25(22-14-8-5-9-15-22)30(24-17-11-10-16-23(24)29-28)26(31)19-18-21-12-6-4-7-13-21/h4-19,25,29H,3,20H2,1-2H3. The molecule has 0 bridgehead atoms. The molecule has 2 atom stereocenters. The van der Waals surface area contributed by atoms with Crippen LogP contribution in [0, 0.1) is 0 Å². The number of rotatable bonds is 5. The highest BCUT2D eigenvalue weighted by atomic mass is 16.5. The second-order valence-corrected chi connectivity index (χ2v) is 8.28. The molecular formula is C28H28N2O3. The minimum absolute atomic E-state index is 0.157. The zero-order chi connectivity index (χ0) is 23.3. The van der Waals surface area contributed by atoms with Gasteiger partial charge in [-0.1, -0.05) is 72.8 Å². The number of hydrogen-bond acceptors (Lipinski definition) is 4. The van der Waals surface area contributed by atoms with Crippen LogP contribution in [-0.4, -0.2) is 24.0 Å². The van der Waals surface area contributed by atoms with Gasteiger partial charge in [-0.2, -0.15) is 0 Å². The third-order valence-corrected chi connectivity index (χ3v) is 5.85. The number of para-hydroxylation sites is 2. The Morgan fingerprint density at radius 3 is 2.33 bits per heavy atom. The van der Waals surface area contributed by atoms with Crippen molar-refractivity contribution in [2.24, 2.45) is 0 Å². The van der Waals surface area contributed by atoms with Crippen molar-refractivity contribution in [3.63, 3.8) is 0 Å². The Bertz CT molecular complexity index is 1140. The molecule has 1 aliphatic rings. The summed E-state index contributed by atoms with van der Waals surface area (Å²) in [4.78, 5) is 28.5. The van der Waals surface area contributed by atoms with Crippen molar-refractivity contribution in [2.45, 2.75) is 31.8 Å². The molecule has 5 nitrogen and oxygen atoms in total. The monoisotopic (exact) mass is 440 g/mol. The van der Waals surface area contributed by atoms with Crippen LogP contribution in [0.3, 0.4) is 0 Å². The van der Waals surface area contributed by atoms with E-state index in [1.54, 1.807) is 17.9 Å². The molecule has 1 N–H and O–H groups in total. The Balaban J connectivity index is 1.82. The van der Waals surface area contributed by atoms with Gasteiger partial charge in [-0.05, 0) is 43.2 Å². The summed E-state index contributed by atoms with van der Waals surface area (Å²) in [7, 11) is 0. The second-order valence-electron chi connectivity index (χ2n) is 8.28. The number of anilines is 2. The number of benzene rings is 3. The number of nitrogens with one attached hydrogen (secondary N) is 1. The van der Waals surface area contributed by atoms with Gasteiger partial charge in [-0.3, -0.25) is 9.69 Å². The third kappa shape index (κ3) is 4.82. The number of esters is 1. The zero-order valence-electron chi connectivity index (χ0n) is 18.9. The summed E-state index contributed by atoms with van der Waals surface area (Å²) >= 11 is 0. The Morgan fingerprint density at radius 2 is 1.64 bits per heavy atom. The van der Waals surface area contributed by atoms with E-state index in [0.29, 0.717) is 12.1 Å². The molecule has 1 aliphatic heterocycles. The van der Waals surface area contributed by atoms with Gasteiger partial charge < -0.3 is 10.1 Å². The molecule has 4 rings (SSSR count). The molecule has 0 saturated carbocycles. The topological polar surface area (TPSA) is 58.6 Å². The van der Waals surface area contributed by atoms with Crippen LogP contribution in [0.5, 0.6) is 0 Å². The summed E-state index contributed by atoms with van der Waals surface area (Å²) in [5, 5.41) is 3.39. The molecule has 168 valence electrons. The zero-order valence-corrected chi connectivity index (χ0v) is 18.9. The molecule has 1 amide bonds. The lowest BCUT2D eigenvalue weighted by molar-refractivity contribution is -0.148. The number of carbonyl (C=O) groups is 2. The SMILES string of the molecule is CCOC(=O)C1(C)CC(c2ccccc2)N(C(=O)C=Cc2ccccc2)c2ccccc2N1. The van der Waals surface area contributed by atoms with Crippen molar-refractivity contribution in [2.75, 3.05) is 16.8 Å². The van der Waals surface area contributed by atoms with Gasteiger partial charge >= 0.3 is 5.97 Å². The van der Waals surface area contributed by atoms with Gasteiger partial charge in [-0.15, -0.1) is 0 Å². The van der Waals surface area contributed by atoms with Gasteiger partial charge in [0.15, 0.2) is 0 Å². The largest absolute Gasteiger partial charge is 0.464 e. The van der Waals surface area contributed by atoms with E-state index < -0.39 is 5.54 Å². The summed E-state index contributed by atoms with van der Waals surface area (Å²) in [5.74, 6) is -0.495. The predicted molar refractivity (Wildman–Crippen MR) is 132 cm³/mol. The highest BCUT2D eigenvalue weighted by molar-refractivity contribution is 6.07.